The maximum atomic E-state index is 11.7. The Morgan fingerprint density at radius 1 is 1.40 bits per heavy atom. The van der Waals surface area contributed by atoms with Gasteiger partial charge in [0.15, 0.2) is 0 Å². The summed E-state index contributed by atoms with van der Waals surface area (Å²) in [6.07, 6.45) is 1.66. The van der Waals surface area contributed by atoms with Gasteiger partial charge in [-0.15, -0.1) is 0 Å². The van der Waals surface area contributed by atoms with Crippen LogP contribution in [0.1, 0.15) is 33.6 Å². The third-order valence-electron chi connectivity index (χ3n) is 2.33. The molecule has 0 saturated carbocycles. The number of rotatable bonds is 1. The number of amides is 1. The molecule has 1 amide bonds. The molecule has 0 radical (unpaired) electrons. The minimum Gasteiger partial charge on any atom is -0.444 e. The van der Waals surface area contributed by atoms with E-state index in [0.29, 0.717) is 6.04 Å². The van der Waals surface area contributed by atoms with Gasteiger partial charge in [0.05, 0.1) is 0 Å². The largest absolute Gasteiger partial charge is 0.444 e. The molecule has 1 aliphatic heterocycles. The van der Waals surface area contributed by atoms with E-state index in [9.17, 15) is 4.79 Å². The molecule has 0 spiro atoms. The second kappa shape index (κ2) is 5.07. The molecular weight excluding hydrogens is 212 g/mol. The summed E-state index contributed by atoms with van der Waals surface area (Å²) in [5.41, 5.74) is -0.407. The molecule has 15 heavy (non-hydrogen) atoms. The molecule has 4 nitrogen and oxygen atoms in total. The van der Waals surface area contributed by atoms with Crippen LogP contribution in [0.3, 0.4) is 0 Å². The first-order valence-corrected chi connectivity index (χ1v) is 5.74. The Morgan fingerprint density at radius 3 is 2.33 bits per heavy atom. The number of carbonyl (C=O) groups excluding carboxylic acids is 1. The highest BCUT2D eigenvalue weighted by atomic mass is 32.1. The van der Waals surface area contributed by atoms with Crippen LogP contribution >= 0.6 is 12.8 Å². The average Bonchev–Trinajstić information content (AvgIpc) is 2.15. The van der Waals surface area contributed by atoms with Gasteiger partial charge in [0.1, 0.15) is 5.60 Å². The number of ether oxygens (including phenoxy) is 1. The Kier molecular flexibility index (Phi) is 4.28. The number of nitrogens with zero attached hydrogens (tertiary/aromatic N) is 1. The first kappa shape index (κ1) is 12.6. The van der Waals surface area contributed by atoms with E-state index in [4.69, 9.17) is 4.74 Å². The summed E-state index contributed by atoms with van der Waals surface area (Å²) in [5, 5.41) is 0. The van der Waals surface area contributed by atoms with Crippen LogP contribution in [0.25, 0.3) is 0 Å². The van der Waals surface area contributed by atoms with E-state index in [1.54, 1.807) is 4.90 Å². The fourth-order valence-corrected chi connectivity index (χ4v) is 1.78. The van der Waals surface area contributed by atoms with Gasteiger partial charge in [-0.25, -0.2) is 4.79 Å². The number of hydrogen-bond donors (Lipinski definition) is 2. The van der Waals surface area contributed by atoms with Gasteiger partial charge in [0, 0.05) is 19.1 Å². The van der Waals surface area contributed by atoms with Crippen molar-refractivity contribution in [3.63, 3.8) is 0 Å². The third-order valence-corrected chi connectivity index (χ3v) is 2.69. The maximum Gasteiger partial charge on any atom is 0.410 e. The van der Waals surface area contributed by atoms with Gasteiger partial charge in [0.25, 0.3) is 0 Å². The van der Waals surface area contributed by atoms with Gasteiger partial charge in [-0.1, -0.05) is 12.8 Å². The third kappa shape index (κ3) is 4.30. The lowest BCUT2D eigenvalue weighted by Gasteiger charge is -2.33. The highest BCUT2D eigenvalue weighted by molar-refractivity contribution is 7.78. The minimum absolute atomic E-state index is 0.208. The molecule has 1 rings (SSSR count). The van der Waals surface area contributed by atoms with Crippen molar-refractivity contribution in [3.05, 3.63) is 0 Å². The van der Waals surface area contributed by atoms with Crippen LogP contribution in [0.15, 0.2) is 0 Å². The first-order chi connectivity index (χ1) is 6.92. The van der Waals surface area contributed by atoms with Gasteiger partial charge >= 0.3 is 6.09 Å². The maximum absolute atomic E-state index is 11.7. The molecule has 1 N–H and O–H groups in total. The fourth-order valence-electron chi connectivity index (χ4n) is 1.52. The quantitative estimate of drug-likeness (QED) is 0.678. The predicted molar refractivity (Wildman–Crippen MR) is 63.0 cm³/mol. The summed E-state index contributed by atoms with van der Waals surface area (Å²) in [5.74, 6) is 0. The van der Waals surface area contributed by atoms with Crippen LogP contribution in [0.2, 0.25) is 0 Å². The molecule has 0 unspecified atom stereocenters. The lowest BCUT2D eigenvalue weighted by molar-refractivity contribution is 0.0204. The van der Waals surface area contributed by atoms with E-state index >= 15 is 0 Å². The molecule has 0 bridgehead atoms. The van der Waals surface area contributed by atoms with Crippen LogP contribution in [0, 0.1) is 0 Å². The summed E-state index contributed by atoms with van der Waals surface area (Å²) in [7, 11) is 0. The van der Waals surface area contributed by atoms with Crippen LogP contribution in [0.5, 0.6) is 0 Å². The molecule has 1 saturated heterocycles. The molecule has 5 heteroatoms. The van der Waals surface area contributed by atoms with E-state index in [1.165, 1.54) is 0 Å². The minimum atomic E-state index is -0.407. The molecule has 1 heterocycles. The highest BCUT2D eigenvalue weighted by Crippen LogP contribution is 2.15. The van der Waals surface area contributed by atoms with Crippen molar-refractivity contribution in [2.75, 3.05) is 13.1 Å². The normalized spacial score (nSPS) is 19.1. The molecule has 0 aromatic rings. The zero-order valence-corrected chi connectivity index (χ0v) is 10.5. The number of likely N-dealkylation sites (tertiary alicyclic amines) is 1. The van der Waals surface area contributed by atoms with Crippen LogP contribution < -0.4 is 4.72 Å². The SMILES string of the molecule is CC(C)(C)OC(=O)N1CCC(NS)CC1. The average molecular weight is 232 g/mol. The van der Waals surface area contributed by atoms with Gasteiger partial charge in [0.2, 0.25) is 0 Å². The molecule has 0 aromatic heterocycles. The van der Waals surface area contributed by atoms with E-state index in [1.807, 2.05) is 20.8 Å². The summed E-state index contributed by atoms with van der Waals surface area (Å²) in [6.45, 7) is 7.13. The van der Waals surface area contributed by atoms with E-state index in [-0.39, 0.29) is 6.09 Å². The summed E-state index contributed by atoms with van der Waals surface area (Å²) in [6, 6.07) is 0.409. The molecule has 0 aliphatic carbocycles. The van der Waals surface area contributed by atoms with Crippen LogP contribution in [-0.2, 0) is 4.74 Å². The van der Waals surface area contributed by atoms with Crippen molar-refractivity contribution >= 4 is 18.9 Å². The van der Waals surface area contributed by atoms with Crippen molar-refractivity contribution in [2.45, 2.75) is 45.3 Å². The highest BCUT2D eigenvalue weighted by Gasteiger charge is 2.26. The summed E-state index contributed by atoms with van der Waals surface area (Å²) >= 11 is 4.03. The van der Waals surface area contributed by atoms with Crippen molar-refractivity contribution in [3.8, 4) is 0 Å². The Hall–Kier alpha value is -0.420. The molecule has 1 fully saturated rings. The molecular formula is C10H20N2O2S. The number of piperidine rings is 1. The van der Waals surface area contributed by atoms with Crippen LogP contribution in [-0.4, -0.2) is 35.7 Å². The van der Waals surface area contributed by atoms with E-state index < -0.39 is 5.60 Å². The number of nitrogens with one attached hydrogen (secondary N) is 1. The topological polar surface area (TPSA) is 41.6 Å². The lowest BCUT2D eigenvalue weighted by atomic mass is 10.1. The Labute approximate surface area is 96.9 Å². The van der Waals surface area contributed by atoms with Crippen molar-refractivity contribution in [2.24, 2.45) is 0 Å². The molecule has 1 aliphatic rings. The fraction of sp³-hybridized carbons (Fsp3) is 0.900. The van der Waals surface area contributed by atoms with E-state index in [0.717, 1.165) is 25.9 Å². The van der Waals surface area contributed by atoms with Gasteiger partial charge in [-0.2, -0.15) is 0 Å². The summed E-state index contributed by atoms with van der Waals surface area (Å²) < 4.78 is 8.22. The van der Waals surface area contributed by atoms with Gasteiger partial charge < -0.3 is 9.64 Å². The zero-order valence-electron chi connectivity index (χ0n) is 9.62. The lowest BCUT2D eigenvalue weighted by Crippen LogP contribution is -2.45. The molecule has 0 aromatic carbocycles. The Balaban J connectivity index is 2.37. The van der Waals surface area contributed by atoms with Crippen molar-refractivity contribution < 1.29 is 9.53 Å². The van der Waals surface area contributed by atoms with Crippen molar-refractivity contribution in [1.82, 2.24) is 9.62 Å². The number of thiol groups is 1. The smallest absolute Gasteiger partial charge is 0.410 e. The monoisotopic (exact) mass is 232 g/mol. The number of carbonyl (C=O) groups is 1. The predicted octanol–water partition coefficient (Wildman–Crippen LogP) is 1.82. The Morgan fingerprint density at radius 2 is 1.93 bits per heavy atom. The van der Waals surface area contributed by atoms with E-state index in [2.05, 4.69) is 17.5 Å². The molecule has 88 valence electrons. The molecule has 0 atom stereocenters. The van der Waals surface area contributed by atoms with Gasteiger partial charge in [-0.3, -0.25) is 4.72 Å². The first-order valence-electron chi connectivity index (χ1n) is 5.30. The number of hydrogen-bond acceptors (Lipinski definition) is 4. The second-order valence-corrected chi connectivity index (χ2v) is 5.13. The second-order valence-electron chi connectivity index (χ2n) is 4.87. The standard InChI is InChI=1S/C10H20N2O2S/c1-10(2,3)14-9(13)12-6-4-8(11-15)5-7-12/h8,11,15H,4-7H2,1-3H3. The summed E-state index contributed by atoms with van der Waals surface area (Å²) in [4.78, 5) is 13.4. The van der Waals surface area contributed by atoms with Crippen LogP contribution in [0.4, 0.5) is 4.79 Å². The Bertz CT molecular complexity index is 220. The van der Waals surface area contributed by atoms with Crippen molar-refractivity contribution in [1.29, 1.82) is 0 Å². The van der Waals surface area contributed by atoms with Gasteiger partial charge in [-0.05, 0) is 33.6 Å². The zero-order chi connectivity index (χ0) is 11.5.